The van der Waals surface area contributed by atoms with Crippen molar-refractivity contribution >= 4 is 17.8 Å². The largest absolute Gasteiger partial charge is 0.468 e. The summed E-state index contributed by atoms with van der Waals surface area (Å²) in [6.45, 7) is 0.954. The Kier molecular flexibility index (Phi) is 9.15. The highest BCUT2D eigenvalue weighted by Crippen LogP contribution is 2.49. The second-order valence-electron chi connectivity index (χ2n) is 10.2. The molecule has 6 nitrogen and oxygen atoms in total. The summed E-state index contributed by atoms with van der Waals surface area (Å²) < 4.78 is 5.30. The Hall–Kier alpha value is -3.41. The smallest absolute Gasteiger partial charge is 0.317 e. The van der Waals surface area contributed by atoms with Gasteiger partial charge in [-0.2, -0.15) is 0 Å². The number of allylic oxidation sites excluding steroid dienone is 1. The lowest BCUT2D eigenvalue weighted by molar-refractivity contribution is -0.160. The SMILES string of the molecule is COC(=O)[C@]12CCCCC=C1N(Cc1ccccc1)C(=O)[C@@H](CC(=O)NCCCCc1ccccc1)C2. The molecule has 1 fully saturated rings. The summed E-state index contributed by atoms with van der Waals surface area (Å²) in [4.78, 5) is 41.7. The van der Waals surface area contributed by atoms with Gasteiger partial charge in [0, 0.05) is 24.6 Å². The lowest BCUT2D eigenvalue weighted by Crippen LogP contribution is -2.53. The zero-order valence-corrected chi connectivity index (χ0v) is 21.8. The van der Waals surface area contributed by atoms with E-state index < -0.39 is 11.3 Å². The maximum atomic E-state index is 13.8. The van der Waals surface area contributed by atoms with E-state index in [0.717, 1.165) is 49.8 Å². The average molecular weight is 503 g/mol. The van der Waals surface area contributed by atoms with Gasteiger partial charge in [-0.15, -0.1) is 0 Å². The number of rotatable bonds is 10. The van der Waals surface area contributed by atoms with Crippen LogP contribution in [0.2, 0.25) is 0 Å². The first-order valence-corrected chi connectivity index (χ1v) is 13.5. The molecule has 0 spiro atoms. The van der Waals surface area contributed by atoms with E-state index >= 15 is 0 Å². The van der Waals surface area contributed by atoms with Crippen LogP contribution in [0.5, 0.6) is 0 Å². The molecule has 1 aliphatic heterocycles. The number of unbranched alkanes of at least 4 members (excludes halogenated alkanes) is 1. The van der Waals surface area contributed by atoms with Crippen LogP contribution < -0.4 is 5.32 Å². The second kappa shape index (κ2) is 12.7. The molecule has 1 aliphatic carbocycles. The van der Waals surface area contributed by atoms with Gasteiger partial charge in [0.2, 0.25) is 11.8 Å². The van der Waals surface area contributed by atoms with Crippen molar-refractivity contribution in [1.82, 2.24) is 10.2 Å². The van der Waals surface area contributed by atoms with Crippen LogP contribution in [-0.2, 0) is 32.1 Å². The van der Waals surface area contributed by atoms with Gasteiger partial charge in [-0.1, -0.05) is 73.2 Å². The molecule has 2 aromatic carbocycles. The molecule has 37 heavy (non-hydrogen) atoms. The fraction of sp³-hybridized carbons (Fsp3) is 0.452. The lowest BCUT2D eigenvalue weighted by Gasteiger charge is -2.46. The van der Waals surface area contributed by atoms with E-state index in [0.29, 0.717) is 25.9 Å². The molecule has 1 heterocycles. The number of nitrogens with one attached hydrogen (secondary N) is 1. The molecule has 196 valence electrons. The quantitative estimate of drug-likeness (QED) is 0.359. The minimum atomic E-state index is -0.894. The van der Waals surface area contributed by atoms with Crippen molar-refractivity contribution in [1.29, 1.82) is 0 Å². The third-order valence-electron chi connectivity index (χ3n) is 7.64. The zero-order chi connectivity index (χ0) is 26.1. The van der Waals surface area contributed by atoms with Gasteiger partial charge >= 0.3 is 5.97 Å². The van der Waals surface area contributed by atoms with Gasteiger partial charge in [0.1, 0.15) is 5.41 Å². The maximum Gasteiger partial charge on any atom is 0.317 e. The topological polar surface area (TPSA) is 75.7 Å². The number of piperidine rings is 1. The second-order valence-corrected chi connectivity index (χ2v) is 10.2. The molecule has 0 unspecified atom stereocenters. The molecule has 2 aromatic rings. The van der Waals surface area contributed by atoms with Crippen molar-refractivity contribution in [2.45, 2.75) is 64.3 Å². The van der Waals surface area contributed by atoms with E-state index in [1.165, 1.54) is 12.7 Å². The molecular formula is C31H38N2O4. The summed E-state index contributed by atoms with van der Waals surface area (Å²) in [5.74, 6) is -1.10. The number of methoxy groups -OCH3 is 1. The minimum absolute atomic E-state index is 0.0782. The van der Waals surface area contributed by atoms with Crippen molar-refractivity contribution in [2.75, 3.05) is 13.7 Å². The Morgan fingerprint density at radius 1 is 1.00 bits per heavy atom. The molecule has 2 atom stereocenters. The van der Waals surface area contributed by atoms with Gasteiger partial charge < -0.3 is 15.0 Å². The Morgan fingerprint density at radius 3 is 2.41 bits per heavy atom. The van der Waals surface area contributed by atoms with Gasteiger partial charge in [0.05, 0.1) is 13.7 Å². The number of carbonyl (C=O) groups is 3. The normalized spacial score (nSPS) is 21.4. The monoisotopic (exact) mass is 502 g/mol. The summed E-state index contributed by atoms with van der Waals surface area (Å²) in [5.41, 5.74) is 2.14. The van der Waals surface area contributed by atoms with E-state index in [1.54, 1.807) is 4.90 Å². The number of carbonyl (C=O) groups excluding carboxylic acids is 3. The number of fused-ring (bicyclic) bond motifs is 1. The number of hydrogen-bond acceptors (Lipinski definition) is 4. The average Bonchev–Trinajstić information content (AvgIpc) is 3.15. The van der Waals surface area contributed by atoms with E-state index in [4.69, 9.17) is 4.74 Å². The van der Waals surface area contributed by atoms with Gasteiger partial charge in [0.25, 0.3) is 0 Å². The molecule has 6 heteroatoms. The number of benzene rings is 2. The highest BCUT2D eigenvalue weighted by atomic mass is 16.5. The van der Waals surface area contributed by atoms with Crippen LogP contribution in [0, 0.1) is 11.3 Å². The molecule has 0 bridgehead atoms. The molecule has 2 amide bonds. The standard InChI is InChI=1S/C31H38N2O4/c1-37-30(36)31-19-11-4-9-18-27(31)33(23-25-16-7-3-8-17-25)29(35)26(22-31)21-28(34)32-20-12-10-15-24-13-5-2-6-14-24/h2-3,5-8,13-14,16-18,26H,4,9-12,15,19-23H2,1H3,(H,32,34)/t26-,31-/m0/s1. The minimum Gasteiger partial charge on any atom is -0.468 e. The van der Waals surface area contributed by atoms with Crippen molar-refractivity contribution in [2.24, 2.45) is 11.3 Å². The first-order valence-electron chi connectivity index (χ1n) is 13.5. The maximum absolute atomic E-state index is 13.8. The van der Waals surface area contributed by atoms with E-state index in [9.17, 15) is 14.4 Å². The lowest BCUT2D eigenvalue weighted by atomic mass is 9.69. The summed E-state index contributed by atoms with van der Waals surface area (Å²) in [6.07, 6.45) is 8.56. The number of nitrogens with zero attached hydrogens (tertiary/aromatic N) is 1. The Labute approximate surface area is 220 Å². The highest BCUT2D eigenvalue weighted by Gasteiger charge is 2.53. The number of aryl methyl sites for hydroxylation is 1. The number of ether oxygens (including phenoxy) is 1. The number of hydrogen-bond donors (Lipinski definition) is 1. The first-order chi connectivity index (χ1) is 18.0. The zero-order valence-electron chi connectivity index (χ0n) is 21.8. The summed E-state index contributed by atoms with van der Waals surface area (Å²) in [5, 5.41) is 3.00. The first kappa shape index (κ1) is 26.6. The third kappa shape index (κ3) is 6.48. The number of likely N-dealkylation sites (tertiary alicyclic amines) is 1. The third-order valence-corrected chi connectivity index (χ3v) is 7.64. The van der Waals surface area contributed by atoms with Gasteiger partial charge in [0.15, 0.2) is 0 Å². The predicted molar refractivity (Wildman–Crippen MR) is 143 cm³/mol. The molecule has 1 N–H and O–H groups in total. The number of esters is 1. The van der Waals surface area contributed by atoms with E-state index in [-0.39, 0.29) is 24.2 Å². The van der Waals surface area contributed by atoms with Crippen molar-refractivity contribution in [3.63, 3.8) is 0 Å². The van der Waals surface area contributed by atoms with Crippen LogP contribution in [0.4, 0.5) is 0 Å². The van der Waals surface area contributed by atoms with Crippen LogP contribution in [0.1, 0.15) is 62.5 Å². The molecular weight excluding hydrogens is 464 g/mol. The highest BCUT2D eigenvalue weighted by molar-refractivity contribution is 5.92. The fourth-order valence-corrected chi connectivity index (χ4v) is 5.75. The summed E-state index contributed by atoms with van der Waals surface area (Å²) >= 11 is 0. The summed E-state index contributed by atoms with van der Waals surface area (Å²) in [7, 11) is 1.41. The molecule has 4 rings (SSSR count). The van der Waals surface area contributed by atoms with Crippen LogP contribution in [0.3, 0.4) is 0 Å². The van der Waals surface area contributed by atoms with Gasteiger partial charge in [-0.25, -0.2) is 0 Å². The molecule has 1 saturated heterocycles. The van der Waals surface area contributed by atoms with Crippen LogP contribution in [0.15, 0.2) is 72.4 Å². The molecule has 0 radical (unpaired) electrons. The van der Waals surface area contributed by atoms with E-state index in [2.05, 4.69) is 17.4 Å². The Bertz CT molecular complexity index is 1100. The summed E-state index contributed by atoms with van der Waals surface area (Å²) in [6, 6.07) is 20.1. The van der Waals surface area contributed by atoms with Gasteiger partial charge in [-0.3, -0.25) is 14.4 Å². The van der Waals surface area contributed by atoms with Crippen molar-refractivity contribution in [3.05, 3.63) is 83.6 Å². The molecule has 0 aromatic heterocycles. The Morgan fingerprint density at radius 2 is 1.70 bits per heavy atom. The molecule has 2 aliphatic rings. The van der Waals surface area contributed by atoms with Crippen molar-refractivity contribution in [3.8, 4) is 0 Å². The van der Waals surface area contributed by atoms with Crippen LogP contribution in [-0.4, -0.2) is 36.3 Å². The van der Waals surface area contributed by atoms with Crippen LogP contribution in [0.25, 0.3) is 0 Å². The van der Waals surface area contributed by atoms with Crippen LogP contribution >= 0.6 is 0 Å². The predicted octanol–water partition coefficient (Wildman–Crippen LogP) is 5.18. The van der Waals surface area contributed by atoms with Crippen molar-refractivity contribution < 1.29 is 19.1 Å². The number of amides is 2. The van der Waals surface area contributed by atoms with E-state index in [1.807, 2.05) is 54.6 Å². The Balaban J connectivity index is 1.45. The molecule has 0 saturated carbocycles. The fourth-order valence-electron chi connectivity index (χ4n) is 5.75. The van der Waals surface area contributed by atoms with Gasteiger partial charge in [-0.05, 0) is 56.1 Å².